The van der Waals surface area contributed by atoms with E-state index in [1.807, 2.05) is 0 Å². The molecule has 1 saturated heterocycles. The minimum Gasteiger partial charge on any atom is -0.482 e. The second-order valence-electron chi connectivity index (χ2n) is 6.60. The summed E-state index contributed by atoms with van der Waals surface area (Å²) in [6.07, 6.45) is -4.57. The first kappa shape index (κ1) is 23.1. The number of nitrogens with one attached hydrogen (secondary N) is 1. The number of carboxylic acids is 1. The number of alkyl halides is 3. The summed E-state index contributed by atoms with van der Waals surface area (Å²) in [7, 11) is 0. The quantitative estimate of drug-likeness (QED) is 0.679. The van der Waals surface area contributed by atoms with Gasteiger partial charge in [0.2, 0.25) is 5.91 Å². The number of aryl methyl sites for hydroxylation is 1. The number of nitrogens with zero attached hydrogens (tertiary/aromatic N) is 2. The summed E-state index contributed by atoms with van der Waals surface area (Å²) in [5.41, 5.74) is 1.01. The molecule has 0 spiro atoms. The van der Waals surface area contributed by atoms with E-state index in [2.05, 4.69) is 10.3 Å². The molecule has 32 heavy (non-hydrogen) atoms. The lowest BCUT2D eigenvalue weighted by Crippen LogP contribution is -2.31. The van der Waals surface area contributed by atoms with Gasteiger partial charge in [0.25, 0.3) is 0 Å². The van der Waals surface area contributed by atoms with Gasteiger partial charge < -0.3 is 15.2 Å². The molecule has 0 atom stereocenters. The number of hydrogen-bond donors (Lipinski definition) is 2. The monoisotopic (exact) mass is 467 g/mol. The molecule has 1 heterocycles. The Bertz CT molecular complexity index is 1090. The van der Waals surface area contributed by atoms with Crippen LogP contribution in [0, 0.1) is 6.92 Å². The molecule has 3 amide bonds. The van der Waals surface area contributed by atoms with Crippen molar-refractivity contribution in [1.29, 1.82) is 0 Å². The number of amidine groups is 1. The van der Waals surface area contributed by atoms with E-state index in [9.17, 15) is 27.6 Å². The Balaban J connectivity index is 1.84. The zero-order chi connectivity index (χ0) is 23.5. The van der Waals surface area contributed by atoms with Crippen molar-refractivity contribution in [2.75, 3.05) is 22.6 Å². The second-order valence-corrected chi connectivity index (χ2v) is 7.54. The molecule has 0 saturated carbocycles. The molecular formula is C20H16F3N3O5S. The molecule has 0 unspecified atom stereocenters. The van der Waals surface area contributed by atoms with Crippen LogP contribution in [0.15, 0.2) is 47.5 Å². The van der Waals surface area contributed by atoms with E-state index in [0.717, 1.165) is 16.7 Å². The third-order valence-corrected chi connectivity index (χ3v) is 5.02. The molecular weight excluding hydrogens is 451 g/mol. The molecule has 1 fully saturated rings. The predicted octanol–water partition coefficient (Wildman–Crippen LogP) is 4.30. The maximum atomic E-state index is 12.6. The van der Waals surface area contributed by atoms with Crippen LogP contribution in [0.2, 0.25) is 0 Å². The maximum Gasteiger partial charge on any atom is 0.422 e. The van der Waals surface area contributed by atoms with Gasteiger partial charge in [0, 0.05) is 5.69 Å². The van der Waals surface area contributed by atoms with Crippen molar-refractivity contribution in [1.82, 2.24) is 0 Å². The smallest absolute Gasteiger partial charge is 0.422 e. The predicted molar refractivity (Wildman–Crippen MR) is 113 cm³/mol. The largest absolute Gasteiger partial charge is 0.482 e. The number of urea groups is 1. The molecule has 0 bridgehead atoms. The fraction of sp³-hybridized carbons (Fsp3) is 0.200. The van der Waals surface area contributed by atoms with Crippen LogP contribution >= 0.6 is 11.8 Å². The van der Waals surface area contributed by atoms with Crippen LogP contribution in [0.25, 0.3) is 0 Å². The summed E-state index contributed by atoms with van der Waals surface area (Å²) in [5, 5.41) is 11.3. The number of aromatic carboxylic acids is 1. The van der Waals surface area contributed by atoms with Gasteiger partial charge in [-0.3, -0.25) is 9.69 Å². The van der Waals surface area contributed by atoms with E-state index in [0.29, 0.717) is 5.56 Å². The summed E-state index contributed by atoms with van der Waals surface area (Å²) < 4.78 is 42.7. The number of carbonyl (C=O) groups excluding carboxylic acids is 2. The number of hydrogen-bond acceptors (Lipinski definition) is 5. The molecule has 2 aromatic rings. The first-order chi connectivity index (χ1) is 15.0. The van der Waals surface area contributed by atoms with E-state index in [1.165, 1.54) is 42.5 Å². The van der Waals surface area contributed by atoms with E-state index in [-0.39, 0.29) is 33.6 Å². The Morgan fingerprint density at radius 3 is 2.53 bits per heavy atom. The number of carbonyl (C=O) groups is 3. The van der Waals surface area contributed by atoms with Gasteiger partial charge in [0.15, 0.2) is 11.8 Å². The van der Waals surface area contributed by atoms with Crippen LogP contribution in [0.3, 0.4) is 0 Å². The highest BCUT2D eigenvalue weighted by Gasteiger charge is 2.34. The maximum absolute atomic E-state index is 12.6. The van der Waals surface area contributed by atoms with Crippen molar-refractivity contribution in [2.24, 2.45) is 4.99 Å². The summed E-state index contributed by atoms with van der Waals surface area (Å²) in [4.78, 5) is 40.6. The highest BCUT2D eigenvalue weighted by Crippen LogP contribution is 2.36. The van der Waals surface area contributed by atoms with E-state index < -0.39 is 30.7 Å². The average Bonchev–Trinajstić information content (AvgIpc) is 3.06. The van der Waals surface area contributed by atoms with Crippen LogP contribution in [-0.2, 0) is 4.79 Å². The van der Waals surface area contributed by atoms with Crippen LogP contribution in [-0.4, -0.2) is 46.7 Å². The molecule has 2 N–H and O–H groups in total. The third kappa shape index (κ3) is 5.78. The van der Waals surface area contributed by atoms with Gasteiger partial charge in [-0.05, 0) is 48.9 Å². The molecule has 12 heteroatoms. The van der Waals surface area contributed by atoms with Crippen LogP contribution in [0.4, 0.5) is 29.3 Å². The third-order valence-electron chi connectivity index (χ3n) is 4.09. The number of benzene rings is 2. The molecule has 0 radical (unpaired) electrons. The fourth-order valence-corrected chi connectivity index (χ4v) is 3.56. The van der Waals surface area contributed by atoms with Crippen molar-refractivity contribution in [3.8, 4) is 5.75 Å². The zero-order valence-electron chi connectivity index (χ0n) is 16.5. The van der Waals surface area contributed by atoms with Crippen molar-refractivity contribution in [3.63, 3.8) is 0 Å². The van der Waals surface area contributed by atoms with Crippen molar-refractivity contribution >= 4 is 46.2 Å². The van der Waals surface area contributed by atoms with Gasteiger partial charge in [-0.25, -0.2) is 9.59 Å². The number of thioether (sulfide) groups is 1. The molecule has 3 rings (SSSR count). The lowest BCUT2D eigenvalue weighted by atomic mass is 10.2. The average molecular weight is 467 g/mol. The van der Waals surface area contributed by atoms with Gasteiger partial charge in [0.1, 0.15) is 5.75 Å². The number of rotatable bonds is 5. The lowest BCUT2D eigenvalue weighted by Gasteiger charge is -2.21. The molecule has 0 aliphatic carbocycles. The van der Waals surface area contributed by atoms with E-state index in [1.54, 1.807) is 6.92 Å². The lowest BCUT2D eigenvalue weighted by molar-refractivity contribution is -0.153. The zero-order valence-corrected chi connectivity index (χ0v) is 17.3. The Hall–Kier alpha value is -3.54. The number of halogens is 3. The standard InChI is InChI=1S/C20H16F3N3O5S/c1-11-2-7-15(31-10-20(21,22)23)14(8-11)26-16(27)9-32-19(26)25-18(30)24-13-5-3-12(4-6-13)17(28)29/h2-8H,9-10H2,1H3,(H,24,30)(H,28,29). The highest BCUT2D eigenvalue weighted by molar-refractivity contribution is 8.15. The Labute approximate surface area is 184 Å². The summed E-state index contributed by atoms with van der Waals surface area (Å²) >= 11 is 0.947. The van der Waals surface area contributed by atoms with Crippen molar-refractivity contribution in [2.45, 2.75) is 13.1 Å². The fourth-order valence-electron chi connectivity index (χ4n) is 2.70. The normalized spacial score (nSPS) is 15.2. The minimum absolute atomic E-state index is 0.0304. The van der Waals surface area contributed by atoms with Crippen LogP contribution < -0.4 is 15.0 Å². The molecule has 0 aromatic heterocycles. The van der Waals surface area contributed by atoms with Gasteiger partial charge >= 0.3 is 18.2 Å². The van der Waals surface area contributed by atoms with Crippen molar-refractivity contribution < 1.29 is 37.4 Å². The molecule has 2 aromatic carbocycles. The van der Waals surface area contributed by atoms with Gasteiger partial charge in [-0.2, -0.15) is 18.2 Å². The summed E-state index contributed by atoms with van der Waals surface area (Å²) in [6.45, 7) is 0.145. The topological polar surface area (TPSA) is 108 Å². The second kappa shape index (κ2) is 9.30. The SMILES string of the molecule is Cc1ccc(OCC(F)(F)F)c(N2C(=O)CSC2=NC(=O)Nc2ccc(C(=O)O)cc2)c1. The Kier molecular flexibility index (Phi) is 6.72. The van der Waals surface area contributed by atoms with E-state index >= 15 is 0 Å². The first-order valence-electron chi connectivity index (χ1n) is 9.02. The highest BCUT2D eigenvalue weighted by atomic mass is 32.2. The minimum atomic E-state index is -4.57. The number of carboxylic acid groups (broad SMARTS) is 1. The van der Waals surface area contributed by atoms with Gasteiger partial charge in [0.05, 0.1) is 17.0 Å². The molecule has 168 valence electrons. The number of amides is 3. The van der Waals surface area contributed by atoms with Gasteiger partial charge in [-0.15, -0.1) is 0 Å². The van der Waals surface area contributed by atoms with Crippen molar-refractivity contribution in [3.05, 3.63) is 53.6 Å². The first-order valence-corrected chi connectivity index (χ1v) is 10.0. The Morgan fingerprint density at radius 2 is 1.91 bits per heavy atom. The number of aliphatic imine (C=N–C) groups is 1. The number of ether oxygens (including phenoxy) is 1. The van der Waals surface area contributed by atoms with Gasteiger partial charge in [-0.1, -0.05) is 17.8 Å². The molecule has 8 nitrogen and oxygen atoms in total. The summed E-state index contributed by atoms with van der Waals surface area (Å²) in [6, 6.07) is 8.80. The number of anilines is 2. The van der Waals surface area contributed by atoms with Crippen LogP contribution in [0.1, 0.15) is 15.9 Å². The van der Waals surface area contributed by atoms with E-state index in [4.69, 9.17) is 9.84 Å². The van der Waals surface area contributed by atoms with Crippen LogP contribution in [0.5, 0.6) is 5.75 Å². The molecule has 1 aliphatic rings. The Morgan fingerprint density at radius 1 is 1.22 bits per heavy atom. The summed E-state index contributed by atoms with van der Waals surface area (Å²) in [5.74, 6) is -1.84. The molecule has 1 aliphatic heterocycles.